The van der Waals surface area contributed by atoms with E-state index in [9.17, 15) is 14.7 Å². The second-order valence-electron chi connectivity index (χ2n) is 8.75. The van der Waals surface area contributed by atoms with E-state index in [1.165, 1.54) is 12.1 Å². The van der Waals surface area contributed by atoms with Crippen molar-refractivity contribution in [1.82, 2.24) is 9.78 Å². The van der Waals surface area contributed by atoms with Crippen LogP contribution in [0, 0.1) is 18.3 Å². The molecule has 8 nitrogen and oxygen atoms in total. The smallest absolute Gasteiger partial charge is 0.337 e. The molecule has 5 aromatic rings. The second-order valence-corrected chi connectivity index (χ2v) is 8.75. The average molecular weight is 491 g/mol. The van der Waals surface area contributed by atoms with E-state index in [1.54, 1.807) is 65.6 Å². The van der Waals surface area contributed by atoms with Gasteiger partial charge in [0, 0.05) is 23.5 Å². The van der Waals surface area contributed by atoms with E-state index in [4.69, 9.17) is 9.68 Å². The van der Waals surface area contributed by atoms with Gasteiger partial charge in [-0.15, -0.1) is 0 Å². The molecular formula is C29H22N4O4. The predicted octanol–water partition coefficient (Wildman–Crippen LogP) is 5.70. The summed E-state index contributed by atoms with van der Waals surface area (Å²) in [4.78, 5) is 24.8. The number of carbonyl (C=O) groups is 1. The first-order chi connectivity index (χ1) is 17.8. The van der Waals surface area contributed by atoms with Crippen molar-refractivity contribution in [3.63, 3.8) is 0 Å². The second kappa shape index (κ2) is 9.47. The van der Waals surface area contributed by atoms with E-state index in [0.717, 1.165) is 16.8 Å². The summed E-state index contributed by atoms with van der Waals surface area (Å²) in [5, 5.41) is 26.7. The zero-order valence-electron chi connectivity index (χ0n) is 20.1. The molecule has 0 spiro atoms. The predicted molar refractivity (Wildman–Crippen MR) is 140 cm³/mol. The van der Waals surface area contributed by atoms with E-state index in [0.29, 0.717) is 33.5 Å². The highest BCUT2D eigenvalue weighted by Crippen LogP contribution is 2.31. The molecule has 182 valence electrons. The number of carboxylic acid groups (broad SMARTS) is 1. The van der Waals surface area contributed by atoms with Crippen LogP contribution in [0.4, 0.5) is 5.69 Å². The largest absolute Gasteiger partial charge is 0.478 e. The van der Waals surface area contributed by atoms with E-state index in [2.05, 4.69) is 16.5 Å². The number of aryl methyl sites for hydroxylation is 1. The van der Waals surface area contributed by atoms with Gasteiger partial charge in [-0.1, -0.05) is 18.2 Å². The summed E-state index contributed by atoms with van der Waals surface area (Å²) < 4.78 is 7.93. The number of hydrogen-bond acceptors (Lipinski definition) is 6. The Hall–Kier alpha value is -5.16. The molecule has 0 amide bonds. The minimum Gasteiger partial charge on any atom is -0.478 e. The maximum absolute atomic E-state index is 13.1. The topological polar surface area (TPSA) is 121 Å². The SMILES string of the molecule is Cc1cc([C@@H](C)Nc2ccccc2C(=O)O)c2oc(-c3cnn(-c4ccc(C#N)cc4)c3)cc(=O)c2c1. The van der Waals surface area contributed by atoms with Crippen molar-refractivity contribution in [3.05, 3.63) is 112 Å². The van der Waals surface area contributed by atoms with Gasteiger partial charge in [0.25, 0.3) is 0 Å². The Balaban J connectivity index is 1.56. The van der Waals surface area contributed by atoms with Crippen LogP contribution in [0.5, 0.6) is 0 Å². The van der Waals surface area contributed by atoms with Crippen LogP contribution in [-0.2, 0) is 0 Å². The maximum Gasteiger partial charge on any atom is 0.337 e. The molecule has 3 aromatic carbocycles. The molecular weight excluding hydrogens is 468 g/mol. The number of nitrogens with zero attached hydrogens (tertiary/aromatic N) is 3. The maximum atomic E-state index is 13.1. The fourth-order valence-electron chi connectivity index (χ4n) is 4.28. The van der Waals surface area contributed by atoms with Crippen LogP contribution in [0.15, 0.2) is 88.3 Å². The van der Waals surface area contributed by atoms with Gasteiger partial charge in [0.05, 0.1) is 46.1 Å². The Labute approximate surface area is 212 Å². The number of fused-ring (bicyclic) bond motifs is 1. The Bertz CT molecular complexity index is 1740. The summed E-state index contributed by atoms with van der Waals surface area (Å²) in [6, 6.07) is 20.6. The zero-order valence-corrected chi connectivity index (χ0v) is 20.1. The van der Waals surface area contributed by atoms with Gasteiger partial charge in [-0.05, 0) is 61.9 Å². The Morgan fingerprint density at radius 1 is 1.14 bits per heavy atom. The highest BCUT2D eigenvalue weighted by atomic mass is 16.4. The molecule has 0 radical (unpaired) electrons. The third kappa shape index (κ3) is 4.58. The fraction of sp³-hybridized carbons (Fsp3) is 0.103. The highest BCUT2D eigenvalue weighted by molar-refractivity contribution is 5.94. The monoisotopic (exact) mass is 490 g/mol. The molecule has 2 N–H and O–H groups in total. The number of benzene rings is 3. The summed E-state index contributed by atoms with van der Waals surface area (Å²) >= 11 is 0. The van der Waals surface area contributed by atoms with Crippen molar-refractivity contribution >= 4 is 22.6 Å². The molecule has 37 heavy (non-hydrogen) atoms. The molecule has 0 saturated carbocycles. The summed E-state index contributed by atoms with van der Waals surface area (Å²) in [6.07, 6.45) is 3.37. The molecule has 0 saturated heterocycles. The van der Waals surface area contributed by atoms with Crippen LogP contribution in [0.25, 0.3) is 28.0 Å². The Kier molecular flexibility index (Phi) is 6.04. The molecule has 0 fully saturated rings. The van der Waals surface area contributed by atoms with Crippen LogP contribution in [0.2, 0.25) is 0 Å². The number of para-hydroxylation sites is 1. The van der Waals surface area contributed by atoms with Crippen molar-refractivity contribution in [2.45, 2.75) is 19.9 Å². The first kappa shape index (κ1) is 23.6. The van der Waals surface area contributed by atoms with Crippen molar-refractivity contribution in [2.75, 3.05) is 5.32 Å². The number of nitrogens with one attached hydrogen (secondary N) is 1. The minimum atomic E-state index is -1.03. The lowest BCUT2D eigenvalue weighted by molar-refractivity contribution is 0.0698. The number of aromatic nitrogens is 2. The van der Waals surface area contributed by atoms with Crippen LogP contribution in [0.1, 0.15) is 40.0 Å². The number of hydrogen-bond donors (Lipinski definition) is 2. The number of rotatable bonds is 6. The van der Waals surface area contributed by atoms with Gasteiger partial charge in [0.15, 0.2) is 5.43 Å². The van der Waals surface area contributed by atoms with E-state index < -0.39 is 5.97 Å². The lowest BCUT2D eigenvalue weighted by Crippen LogP contribution is -2.12. The van der Waals surface area contributed by atoms with Crippen LogP contribution in [0.3, 0.4) is 0 Å². The first-order valence-corrected chi connectivity index (χ1v) is 11.6. The molecule has 2 aromatic heterocycles. The summed E-state index contributed by atoms with van der Waals surface area (Å²) in [6.45, 7) is 3.79. The van der Waals surface area contributed by atoms with Crippen LogP contribution >= 0.6 is 0 Å². The number of carboxylic acids is 1. The molecule has 5 rings (SSSR count). The number of aromatic carboxylic acids is 1. The van der Waals surface area contributed by atoms with Crippen molar-refractivity contribution < 1.29 is 14.3 Å². The third-order valence-corrected chi connectivity index (χ3v) is 6.13. The summed E-state index contributed by atoms with van der Waals surface area (Å²) in [7, 11) is 0. The normalized spacial score (nSPS) is 11.7. The van der Waals surface area contributed by atoms with Crippen LogP contribution in [-0.4, -0.2) is 20.9 Å². The van der Waals surface area contributed by atoms with Gasteiger partial charge >= 0.3 is 5.97 Å². The van der Waals surface area contributed by atoms with Gasteiger partial charge < -0.3 is 14.8 Å². The van der Waals surface area contributed by atoms with Gasteiger partial charge in [0.2, 0.25) is 0 Å². The van der Waals surface area contributed by atoms with E-state index >= 15 is 0 Å². The number of anilines is 1. The lowest BCUT2D eigenvalue weighted by Gasteiger charge is -2.19. The van der Waals surface area contributed by atoms with Gasteiger partial charge in [-0.2, -0.15) is 10.4 Å². The Morgan fingerprint density at radius 2 is 1.89 bits per heavy atom. The first-order valence-electron chi connectivity index (χ1n) is 11.6. The molecule has 8 heteroatoms. The molecule has 0 aliphatic rings. The van der Waals surface area contributed by atoms with Gasteiger partial charge in [-0.25, -0.2) is 9.48 Å². The highest BCUT2D eigenvalue weighted by Gasteiger charge is 2.19. The summed E-state index contributed by atoms with van der Waals surface area (Å²) in [5.74, 6) is -0.668. The van der Waals surface area contributed by atoms with Gasteiger partial charge in [-0.3, -0.25) is 4.79 Å². The standard InChI is InChI=1S/C29H22N4O4/c1-17-11-23(18(2)32-25-6-4-3-5-22(25)29(35)36)28-24(12-17)26(34)13-27(37-28)20-15-31-33(16-20)21-9-7-19(14-30)8-10-21/h3-13,15-16,18,32H,1-2H3,(H,35,36)/t18-/m1/s1. The quantitative estimate of drug-likeness (QED) is 0.313. The summed E-state index contributed by atoms with van der Waals surface area (Å²) in [5.41, 5.74) is 4.41. The van der Waals surface area contributed by atoms with Gasteiger partial charge in [0.1, 0.15) is 11.3 Å². The zero-order chi connectivity index (χ0) is 26.1. The third-order valence-electron chi connectivity index (χ3n) is 6.13. The van der Waals surface area contributed by atoms with Crippen molar-refractivity contribution in [1.29, 1.82) is 5.26 Å². The molecule has 0 aliphatic heterocycles. The molecule has 0 unspecified atom stereocenters. The van der Waals surface area contributed by atoms with Crippen molar-refractivity contribution in [3.8, 4) is 23.1 Å². The lowest BCUT2D eigenvalue weighted by atomic mass is 10.0. The number of nitriles is 1. The van der Waals surface area contributed by atoms with E-state index in [1.807, 2.05) is 19.9 Å². The Morgan fingerprint density at radius 3 is 2.62 bits per heavy atom. The molecule has 1 atom stereocenters. The molecule has 2 heterocycles. The van der Waals surface area contributed by atoms with Crippen LogP contribution < -0.4 is 10.7 Å². The molecule has 0 bridgehead atoms. The average Bonchev–Trinajstić information content (AvgIpc) is 3.39. The van der Waals surface area contributed by atoms with E-state index in [-0.39, 0.29) is 17.0 Å². The minimum absolute atomic E-state index is 0.156. The fourth-order valence-corrected chi connectivity index (χ4v) is 4.28. The van der Waals surface area contributed by atoms with Crippen molar-refractivity contribution in [2.24, 2.45) is 0 Å². The molecule has 0 aliphatic carbocycles.